The fraction of sp³-hybridized carbons (Fsp3) is 0.368. The fourth-order valence-corrected chi connectivity index (χ4v) is 4.14. The Bertz CT molecular complexity index is 815. The van der Waals surface area contributed by atoms with Gasteiger partial charge in [-0.3, -0.25) is 4.90 Å². The third-order valence-electron chi connectivity index (χ3n) is 4.74. The Labute approximate surface area is 150 Å². The number of fused-ring (bicyclic) bond motifs is 1. The van der Waals surface area contributed by atoms with Gasteiger partial charge in [0.15, 0.2) is 5.65 Å². The zero-order valence-electron chi connectivity index (χ0n) is 13.6. The van der Waals surface area contributed by atoms with Crippen LogP contribution < -0.4 is 0 Å². The molecule has 2 aromatic heterocycles. The van der Waals surface area contributed by atoms with Crippen LogP contribution in [0.3, 0.4) is 0 Å². The summed E-state index contributed by atoms with van der Waals surface area (Å²) in [6.45, 7) is 3.38. The summed E-state index contributed by atoms with van der Waals surface area (Å²) in [5.74, 6) is 0.656. The van der Waals surface area contributed by atoms with Gasteiger partial charge in [0.25, 0.3) is 0 Å². The predicted octanol–water partition coefficient (Wildman–Crippen LogP) is 3.95. The van der Waals surface area contributed by atoms with Crippen molar-refractivity contribution in [3.8, 4) is 0 Å². The van der Waals surface area contributed by atoms with Gasteiger partial charge in [0.1, 0.15) is 0 Å². The van der Waals surface area contributed by atoms with Crippen molar-refractivity contribution < 1.29 is 0 Å². The Balaban J connectivity index is 1.45. The lowest BCUT2D eigenvalue weighted by molar-refractivity contribution is 0.166. The van der Waals surface area contributed by atoms with Crippen molar-refractivity contribution in [3.05, 3.63) is 64.5 Å². The summed E-state index contributed by atoms with van der Waals surface area (Å²) in [5.41, 5.74) is 3.43. The summed E-state index contributed by atoms with van der Waals surface area (Å²) in [7, 11) is 0. The van der Waals surface area contributed by atoms with Crippen LogP contribution in [0.5, 0.6) is 0 Å². The van der Waals surface area contributed by atoms with Gasteiger partial charge < -0.3 is 0 Å². The number of rotatable bonds is 4. The zero-order valence-corrected chi connectivity index (χ0v) is 15.2. The second-order valence-corrected chi connectivity index (χ2v) is 7.37. The van der Waals surface area contributed by atoms with Gasteiger partial charge >= 0.3 is 0 Å². The number of hydrogen-bond donors (Lipinski definition) is 0. The molecule has 0 N–H and O–H groups in total. The van der Waals surface area contributed by atoms with Gasteiger partial charge in [-0.2, -0.15) is 5.10 Å². The minimum atomic E-state index is 0.656. The molecule has 1 fully saturated rings. The minimum absolute atomic E-state index is 0.656. The van der Waals surface area contributed by atoms with Crippen LogP contribution in [-0.2, 0) is 13.0 Å². The molecule has 5 heteroatoms. The van der Waals surface area contributed by atoms with Gasteiger partial charge in [0.2, 0.25) is 0 Å². The molecule has 0 aliphatic carbocycles. The Morgan fingerprint density at radius 2 is 2.04 bits per heavy atom. The summed E-state index contributed by atoms with van der Waals surface area (Å²) in [4.78, 5) is 6.98. The van der Waals surface area contributed by atoms with Crippen LogP contribution in [0.1, 0.15) is 24.1 Å². The van der Waals surface area contributed by atoms with Crippen LogP contribution in [0.2, 0.25) is 0 Å². The lowest BCUT2D eigenvalue weighted by atomic mass is 9.93. The molecule has 0 saturated carbocycles. The molecule has 1 atom stereocenters. The average Bonchev–Trinajstić information content (AvgIpc) is 2.92. The first-order valence-corrected chi connectivity index (χ1v) is 9.33. The van der Waals surface area contributed by atoms with E-state index >= 15 is 0 Å². The van der Waals surface area contributed by atoms with Gasteiger partial charge in [0, 0.05) is 25.5 Å². The van der Waals surface area contributed by atoms with E-state index in [0.717, 1.165) is 35.3 Å². The standard InChI is InChI=1S/C19H21BrN4/c20-18-17(22-24-11-5-9-21-19(18)24)12-16-8-4-10-23(14-16)13-15-6-2-1-3-7-15/h1-3,5-7,9,11,16H,4,8,10,12-14H2. The number of aromatic nitrogens is 3. The van der Waals surface area contributed by atoms with E-state index < -0.39 is 0 Å². The van der Waals surface area contributed by atoms with E-state index in [0.29, 0.717) is 5.92 Å². The third-order valence-corrected chi connectivity index (χ3v) is 5.55. The molecule has 0 spiro atoms. The Morgan fingerprint density at radius 1 is 1.17 bits per heavy atom. The quantitative estimate of drug-likeness (QED) is 0.682. The molecule has 124 valence electrons. The molecular weight excluding hydrogens is 364 g/mol. The first-order chi connectivity index (χ1) is 11.8. The number of nitrogens with zero attached hydrogens (tertiary/aromatic N) is 4. The van der Waals surface area contributed by atoms with Crippen molar-refractivity contribution in [2.75, 3.05) is 13.1 Å². The van der Waals surface area contributed by atoms with Crippen molar-refractivity contribution in [2.24, 2.45) is 5.92 Å². The molecule has 1 unspecified atom stereocenters. The highest BCUT2D eigenvalue weighted by Crippen LogP contribution is 2.27. The van der Waals surface area contributed by atoms with Gasteiger partial charge in [0.05, 0.1) is 10.2 Å². The van der Waals surface area contributed by atoms with E-state index in [9.17, 15) is 0 Å². The minimum Gasteiger partial charge on any atom is -0.299 e. The normalized spacial score (nSPS) is 19.0. The summed E-state index contributed by atoms with van der Waals surface area (Å²) in [6.07, 6.45) is 7.32. The van der Waals surface area contributed by atoms with Crippen molar-refractivity contribution in [3.63, 3.8) is 0 Å². The van der Waals surface area contributed by atoms with Crippen LogP contribution in [0.25, 0.3) is 5.65 Å². The lowest BCUT2D eigenvalue weighted by Gasteiger charge is -2.32. The second kappa shape index (κ2) is 7.03. The third kappa shape index (κ3) is 3.37. The maximum Gasteiger partial charge on any atom is 0.169 e. The number of hydrogen-bond acceptors (Lipinski definition) is 3. The van der Waals surface area contributed by atoms with E-state index in [4.69, 9.17) is 5.10 Å². The fourth-order valence-electron chi connectivity index (χ4n) is 3.61. The Hall–Kier alpha value is -1.72. The number of halogens is 1. The topological polar surface area (TPSA) is 33.4 Å². The highest BCUT2D eigenvalue weighted by Gasteiger charge is 2.23. The summed E-state index contributed by atoms with van der Waals surface area (Å²) in [6, 6.07) is 12.7. The van der Waals surface area contributed by atoms with Crippen LogP contribution in [0.15, 0.2) is 53.3 Å². The van der Waals surface area contributed by atoms with Crippen LogP contribution in [0, 0.1) is 5.92 Å². The number of benzene rings is 1. The molecule has 0 bridgehead atoms. The lowest BCUT2D eigenvalue weighted by Crippen LogP contribution is -2.35. The largest absolute Gasteiger partial charge is 0.299 e. The van der Waals surface area contributed by atoms with Crippen molar-refractivity contribution in [1.29, 1.82) is 0 Å². The predicted molar refractivity (Wildman–Crippen MR) is 98.8 cm³/mol. The SMILES string of the molecule is Brc1c(CC2CCCN(Cc3ccccc3)C2)nn2cccnc12. The highest BCUT2D eigenvalue weighted by atomic mass is 79.9. The van der Waals surface area contributed by atoms with E-state index in [2.05, 4.69) is 56.1 Å². The first-order valence-electron chi connectivity index (χ1n) is 8.53. The van der Waals surface area contributed by atoms with E-state index in [1.54, 1.807) is 0 Å². The van der Waals surface area contributed by atoms with E-state index in [-0.39, 0.29) is 0 Å². The van der Waals surface area contributed by atoms with Crippen molar-refractivity contribution >= 4 is 21.6 Å². The van der Waals surface area contributed by atoms with Crippen LogP contribution >= 0.6 is 15.9 Å². The molecule has 1 aliphatic rings. The highest BCUT2D eigenvalue weighted by molar-refractivity contribution is 9.10. The molecule has 0 radical (unpaired) electrons. The number of piperidine rings is 1. The molecule has 1 saturated heterocycles. The van der Waals surface area contributed by atoms with Gasteiger partial charge in [-0.15, -0.1) is 0 Å². The van der Waals surface area contributed by atoms with Gasteiger partial charge in [-0.05, 0) is 59.3 Å². The number of likely N-dealkylation sites (tertiary alicyclic amines) is 1. The Kier molecular flexibility index (Phi) is 4.63. The molecule has 3 heterocycles. The zero-order chi connectivity index (χ0) is 16.4. The van der Waals surface area contributed by atoms with Crippen molar-refractivity contribution in [1.82, 2.24) is 19.5 Å². The van der Waals surface area contributed by atoms with Gasteiger partial charge in [-0.1, -0.05) is 30.3 Å². The molecule has 3 aromatic rings. The van der Waals surface area contributed by atoms with E-state index in [1.807, 2.05) is 23.0 Å². The molecule has 0 amide bonds. The van der Waals surface area contributed by atoms with E-state index in [1.165, 1.54) is 24.9 Å². The van der Waals surface area contributed by atoms with Crippen LogP contribution in [-0.4, -0.2) is 32.6 Å². The summed E-state index contributed by atoms with van der Waals surface area (Å²) < 4.78 is 2.91. The monoisotopic (exact) mass is 384 g/mol. The maximum absolute atomic E-state index is 4.70. The molecule has 1 aliphatic heterocycles. The second-order valence-electron chi connectivity index (χ2n) is 6.58. The molecule has 4 nitrogen and oxygen atoms in total. The van der Waals surface area contributed by atoms with Gasteiger partial charge in [-0.25, -0.2) is 9.50 Å². The maximum atomic E-state index is 4.70. The molecular formula is C19H21BrN4. The van der Waals surface area contributed by atoms with Crippen molar-refractivity contribution in [2.45, 2.75) is 25.8 Å². The average molecular weight is 385 g/mol. The summed E-state index contributed by atoms with van der Waals surface area (Å²) >= 11 is 3.69. The molecule has 4 rings (SSSR count). The molecule has 1 aromatic carbocycles. The first kappa shape index (κ1) is 15.8. The Morgan fingerprint density at radius 3 is 2.88 bits per heavy atom. The van der Waals surface area contributed by atoms with Crippen LogP contribution in [0.4, 0.5) is 0 Å². The smallest absolute Gasteiger partial charge is 0.169 e. The molecule has 24 heavy (non-hydrogen) atoms. The summed E-state index contributed by atoms with van der Waals surface area (Å²) in [5, 5.41) is 4.70.